The summed E-state index contributed by atoms with van der Waals surface area (Å²) < 4.78 is 18.5. The molecule has 0 aliphatic rings. The number of rotatable bonds is 5. The molecule has 0 amide bonds. The van der Waals surface area contributed by atoms with Gasteiger partial charge in [-0.05, 0) is 29.8 Å². The van der Waals surface area contributed by atoms with Crippen molar-refractivity contribution in [2.24, 2.45) is 0 Å². The Kier molecular flexibility index (Phi) is 4.60. The first-order chi connectivity index (χ1) is 9.20. The van der Waals surface area contributed by atoms with E-state index in [1.165, 1.54) is 13.2 Å². The third-order valence-corrected chi connectivity index (χ3v) is 2.84. The van der Waals surface area contributed by atoms with Crippen molar-refractivity contribution in [1.82, 2.24) is 5.43 Å². The van der Waals surface area contributed by atoms with E-state index in [-0.39, 0.29) is 10.8 Å². The van der Waals surface area contributed by atoms with Crippen LogP contribution < -0.4 is 15.6 Å². The summed E-state index contributed by atoms with van der Waals surface area (Å²) in [5.74, 6) is -0.395. The van der Waals surface area contributed by atoms with Crippen LogP contribution in [0, 0.1) is 5.82 Å². The topological polar surface area (TPSA) is 33.3 Å². The molecular weight excluding hydrogens is 267 g/mol. The minimum absolute atomic E-state index is 0.0708. The van der Waals surface area contributed by atoms with Crippen LogP contribution in [0.3, 0.4) is 0 Å². The number of hydrogen-bond acceptors (Lipinski definition) is 3. The quantitative estimate of drug-likeness (QED) is 0.821. The molecule has 0 aliphatic carbocycles. The van der Waals surface area contributed by atoms with Crippen LogP contribution in [0.1, 0.15) is 5.56 Å². The number of halogens is 2. The number of methoxy groups -OCH3 is 1. The smallest absolute Gasteiger partial charge is 0.173 e. The average Bonchev–Trinajstić information content (AvgIpc) is 2.40. The third kappa shape index (κ3) is 3.59. The molecule has 0 unspecified atom stereocenters. The van der Waals surface area contributed by atoms with Crippen molar-refractivity contribution in [3.63, 3.8) is 0 Å². The van der Waals surface area contributed by atoms with Gasteiger partial charge in [0, 0.05) is 12.2 Å². The largest absolute Gasteiger partial charge is 0.492 e. The van der Waals surface area contributed by atoms with Gasteiger partial charge in [0.25, 0.3) is 0 Å². The van der Waals surface area contributed by atoms with E-state index < -0.39 is 5.82 Å². The van der Waals surface area contributed by atoms with Gasteiger partial charge in [-0.2, -0.15) is 0 Å². The molecule has 2 aromatic carbocycles. The molecule has 2 aromatic rings. The molecule has 0 spiro atoms. The first kappa shape index (κ1) is 13.6. The van der Waals surface area contributed by atoms with Crippen LogP contribution in [0.4, 0.5) is 10.1 Å². The monoisotopic (exact) mass is 280 g/mol. The van der Waals surface area contributed by atoms with E-state index in [1.54, 1.807) is 6.07 Å². The van der Waals surface area contributed by atoms with Crippen molar-refractivity contribution >= 4 is 17.3 Å². The lowest BCUT2D eigenvalue weighted by Crippen LogP contribution is -2.20. The molecule has 100 valence electrons. The second kappa shape index (κ2) is 6.41. The van der Waals surface area contributed by atoms with Gasteiger partial charge < -0.3 is 10.2 Å². The zero-order valence-electron chi connectivity index (χ0n) is 10.4. The Bertz CT molecular complexity index is 525. The van der Waals surface area contributed by atoms with Crippen molar-refractivity contribution in [3.05, 3.63) is 58.9 Å². The van der Waals surface area contributed by atoms with Gasteiger partial charge in [-0.25, -0.2) is 9.82 Å². The fourth-order valence-corrected chi connectivity index (χ4v) is 1.99. The van der Waals surface area contributed by atoms with Gasteiger partial charge in [0.15, 0.2) is 11.6 Å². The average molecular weight is 281 g/mol. The Morgan fingerprint density at radius 1 is 1.21 bits per heavy atom. The molecule has 5 heteroatoms. The number of nitrogens with one attached hydrogen (secondary N) is 2. The van der Waals surface area contributed by atoms with E-state index in [2.05, 4.69) is 10.9 Å². The molecule has 3 nitrogen and oxygen atoms in total. The Morgan fingerprint density at radius 3 is 2.58 bits per heavy atom. The summed E-state index contributed by atoms with van der Waals surface area (Å²) in [7, 11) is 1.39. The van der Waals surface area contributed by atoms with Crippen molar-refractivity contribution in [2.45, 2.75) is 6.54 Å². The van der Waals surface area contributed by atoms with Gasteiger partial charge >= 0.3 is 0 Å². The van der Waals surface area contributed by atoms with E-state index in [9.17, 15) is 4.39 Å². The van der Waals surface area contributed by atoms with E-state index >= 15 is 0 Å². The van der Waals surface area contributed by atoms with Crippen LogP contribution in [0.5, 0.6) is 5.75 Å². The number of benzene rings is 2. The van der Waals surface area contributed by atoms with Crippen LogP contribution in [-0.2, 0) is 6.54 Å². The van der Waals surface area contributed by atoms with E-state index in [1.807, 2.05) is 30.3 Å². The number of hydrazine groups is 1. The van der Waals surface area contributed by atoms with Gasteiger partial charge in [0.2, 0.25) is 0 Å². The van der Waals surface area contributed by atoms with Gasteiger partial charge in [-0.15, -0.1) is 0 Å². The molecule has 0 saturated carbocycles. The highest BCUT2D eigenvalue weighted by atomic mass is 35.5. The van der Waals surface area contributed by atoms with Crippen LogP contribution >= 0.6 is 11.6 Å². The first-order valence-corrected chi connectivity index (χ1v) is 6.14. The number of anilines is 1. The van der Waals surface area contributed by atoms with E-state index in [4.69, 9.17) is 16.3 Å². The molecule has 0 saturated heterocycles. The van der Waals surface area contributed by atoms with Gasteiger partial charge in [0.05, 0.1) is 12.1 Å². The Labute approximate surface area is 116 Å². The molecule has 0 fully saturated rings. The second-order valence-electron chi connectivity index (χ2n) is 3.94. The van der Waals surface area contributed by atoms with Crippen molar-refractivity contribution in [3.8, 4) is 5.75 Å². The molecule has 0 atom stereocenters. The molecule has 0 aliphatic heterocycles. The van der Waals surface area contributed by atoms with Crippen molar-refractivity contribution in [2.75, 3.05) is 12.5 Å². The zero-order valence-corrected chi connectivity index (χ0v) is 11.2. The molecule has 0 bridgehead atoms. The van der Waals surface area contributed by atoms with Crippen molar-refractivity contribution < 1.29 is 9.13 Å². The number of para-hydroxylation sites is 1. The fourth-order valence-electron chi connectivity index (χ4n) is 1.68. The lowest BCUT2D eigenvalue weighted by Gasteiger charge is -2.10. The van der Waals surface area contributed by atoms with Crippen LogP contribution in [0.25, 0.3) is 0 Å². The molecule has 2 N–H and O–H groups in total. The molecule has 19 heavy (non-hydrogen) atoms. The highest BCUT2D eigenvalue weighted by Crippen LogP contribution is 2.28. The van der Waals surface area contributed by atoms with Gasteiger partial charge in [-0.1, -0.05) is 29.8 Å². The minimum Gasteiger partial charge on any atom is -0.492 e. The maximum absolute atomic E-state index is 13.6. The summed E-state index contributed by atoms with van der Waals surface area (Å²) in [6.07, 6.45) is 0. The van der Waals surface area contributed by atoms with Gasteiger partial charge in [0.1, 0.15) is 0 Å². The minimum atomic E-state index is -0.466. The SMILES string of the molecule is COc1c(F)cc(CNNc2ccccc2)cc1Cl. The maximum atomic E-state index is 13.6. The zero-order chi connectivity index (χ0) is 13.7. The fraction of sp³-hybridized carbons (Fsp3) is 0.143. The van der Waals surface area contributed by atoms with Crippen LogP contribution in [-0.4, -0.2) is 7.11 Å². The second-order valence-corrected chi connectivity index (χ2v) is 4.34. The molecule has 0 radical (unpaired) electrons. The Balaban J connectivity index is 1.97. The summed E-state index contributed by atoms with van der Waals surface area (Å²) in [6.45, 7) is 0.440. The van der Waals surface area contributed by atoms with Gasteiger partial charge in [-0.3, -0.25) is 0 Å². The highest BCUT2D eigenvalue weighted by molar-refractivity contribution is 6.32. The third-order valence-electron chi connectivity index (χ3n) is 2.56. The van der Waals surface area contributed by atoms with Crippen molar-refractivity contribution in [1.29, 1.82) is 0 Å². The summed E-state index contributed by atoms with van der Waals surface area (Å²) in [5.41, 5.74) is 7.67. The first-order valence-electron chi connectivity index (χ1n) is 5.76. The van der Waals surface area contributed by atoms with Crippen LogP contribution in [0.2, 0.25) is 5.02 Å². The summed E-state index contributed by atoms with van der Waals surface area (Å²) in [5, 5.41) is 0.263. The van der Waals surface area contributed by atoms with E-state index in [0.717, 1.165) is 11.3 Å². The summed E-state index contributed by atoms with van der Waals surface area (Å²) >= 11 is 5.92. The van der Waals surface area contributed by atoms with E-state index in [0.29, 0.717) is 6.54 Å². The Hall–Kier alpha value is -1.78. The molecular formula is C14H14ClFN2O. The summed E-state index contributed by atoms with van der Waals surface area (Å²) in [6, 6.07) is 12.7. The lowest BCUT2D eigenvalue weighted by atomic mass is 10.2. The number of hydrogen-bond donors (Lipinski definition) is 2. The highest BCUT2D eigenvalue weighted by Gasteiger charge is 2.09. The Morgan fingerprint density at radius 2 is 1.95 bits per heavy atom. The molecule has 0 heterocycles. The predicted octanol–water partition coefficient (Wildman–Crippen LogP) is 3.60. The molecule has 2 rings (SSSR count). The molecule has 0 aromatic heterocycles. The normalized spacial score (nSPS) is 10.3. The lowest BCUT2D eigenvalue weighted by molar-refractivity contribution is 0.386. The number of ether oxygens (including phenoxy) is 1. The standard InChI is InChI=1S/C14H14ClFN2O/c1-19-14-12(15)7-10(8-13(14)16)9-17-18-11-5-3-2-4-6-11/h2-8,17-18H,9H2,1H3. The van der Waals surface area contributed by atoms with Crippen LogP contribution in [0.15, 0.2) is 42.5 Å². The summed E-state index contributed by atoms with van der Waals surface area (Å²) in [4.78, 5) is 0. The maximum Gasteiger partial charge on any atom is 0.173 e. The predicted molar refractivity (Wildman–Crippen MR) is 74.9 cm³/mol.